The van der Waals surface area contributed by atoms with E-state index in [1.807, 2.05) is 36.9 Å². The predicted octanol–water partition coefficient (Wildman–Crippen LogP) is 2.13. The van der Waals surface area contributed by atoms with Crippen LogP contribution in [0.5, 0.6) is 0 Å². The van der Waals surface area contributed by atoms with Crippen LogP contribution in [0.3, 0.4) is 0 Å². The number of benzene rings is 1. The average molecular weight is 312 g/mol. The molecule has 1 saturated heterocycles. The van der Waals surface area contributed by atoms with Crippen molar-refractivity contribution in [2.24, 2.45) is 0 Å². The maximum atomic E-state index is 12.8. The Morgan fingerprint density at radius 2 is 2.09 bits per heavy atom. The molecule has 0 saturated carbocycles. The zero-order valence-electron chi connectivity index (χ0n) is 13.8. The summed E-state index contributed by atoms with van der Waals surface area (Å²) in [5, 5.41) is 10.6. The Balaban J connectivity index is 1.69. The van der Waals surface area contributed by atoms with E-state index in [4.69, 9.17) is 0 Å². The topological polar surface area (TPSA) is 61.0 Å². The summed E-state index contributed by atoms with van der Waals surface area (Å²) in [6, 6.07) is 10.4. The standard InChI is InChI=1S/C18H24N4O/c1-13-16(14(2)21-20-13)8-9-18(23)22-11-10-19-12-17(22)15-6-4-3-5-7-15/h3-7,17,19H,8-12H2,1-2H3,(H,20,21)/t17-/m0/s1. The number of carbonyl (C=O) groups is 1. The van der Waals surface area contributed by atoms with Gasteiger partial charge in [0.05, 0.1) is 11.7 Å². The highest BCUT2D eigenvalue weighted by Gasteiger charge is 2.27. The van der Waals surface area contributed by atoms with Crippen LogP contribution in [-0.4, -0.2) is 40.6 Å². The number of H-pyrrole nitrogens is 1. The van der Waals surface area contributed by atoms with E-state index in [0.29, 0.717) is 6.42 Å². The third-order valence-electron chi connectivity index (χ3n) is 4.62. The number of hydrogen-bond acceptors (Lipinski definition) is 3. The van der Waals surface area contributed by atoms with Gasteiger partial charge in [0.15, 0.2) is 0 Å². The molecule has 0 radical (unpaired) electrons. The molecule has 0 bridgehead atoms. The second-order valence-corrected chi connectivity index (χ2v) is 6.13. The lowest BCUT2D eigenvalue weighted by Crippen LogP contribution is -2.48. The Kier molecular flexibility index (Phi) is 4.76. The number of aromatic nitrogens is 2. The van der Waals surface area contributed by atoms with Crippen LogP contribution < -0.4 is 5.32 Å². The van der Waals surface area contributed by atoms with E-state index in [1.54, 1.807) is 0 Å². The number of amides is 1. The number of nitrogens with one attached hydrogen (secondary N) is 2. The fourth-order valence-electron chi connectivity index (χ4n) is 3.29. The van der Waals surface area contributed by atoms with Gasteiger partial charge in [-0.2, -0.15) is 5.10 Å². The van der Waals surface area contributed by atoms with Gasteiger partial charge in [0, 0.05) is 31.7 Å². The second kappa shape index (κ2) is 6.96. The lowest BCUT2D eigenvalue weighted by Gasteiger charge is -2.36. The van der Waals surface area contributed by atoms with Crippen molar-refractivity contribution in [3.05, 3.63) is 52.8 Å². The Hall–Kier alpha value is -2.14. The SMILES string of the molecule is Cc1n[nH]c(C)c1CCC(=O)N1CCNC[C@H]1c1ccccc1. The molecule has 2 N–H and O–H groups in total. The summed E-state index contributed by atoms with van der Waals surface area (Å²) >= 11 is 0. The number of carbonyl (C=O) groups excluding carboxylic acids is 1. The molecular weight excluding hydrogens is 288 g/mol. The minimum atomic E-state index is 0.129. The summed E-state index contributed by atoms with van der Waals surface area (Å²) in [6.45, 7) is 6.44. The maximum Gasteiger partial charge on any atom is 0.223 e. The molecule has 3 rings (SSSR count). The molecular formula is C18H24N4O. The molecule has 2 heterocycles. The van der Waals surface area contributed by atoms with Crippen molar-refractivity contribution >= 4 is 5.91 Å². The third kappa shape index (κ3) is 3.45. The monoisotopic (exact) mass is 312 g/mol. The van der Waals surface area contributed by atoms with Crippen molar-refractivity contribution in [1.82, 2.24) is 20.4 Å². The molecule has 2 aromatic rings. The third-order valence-corrected chi connectivity index (χ3v) is 4.62. The quantitative estimate of drug-likeness (QED) is 0.909. The first-order valence-corrected chi connectivity index (χ1v) is 8.22. The zero-order valence-corrected chi connectivity index (χ0v) is 13.8. The first kappa shape index (κ1) is 15.7. The Morgan fingerprint density at radius 1 is 1.30 bits per heavy atom. The second-order valence-electron chi connectivity index (χ2n) is 6.13. The maximum absolute atomic E-state index is 12.8. The van der Waals surface area contributed by atoms with Gasteiger partial charge in [-0.05, 0) is 31.4 Å². The van der Waals surface area contributed by atoms with Crippen molar-refractivity contribution in [3.8, 4) is 0 Å². The minimum Gasteiger partial charge on any atom is -0.333 e. The van der Waals surface area contributed by atoms with Crippen LogP contribution >= 0.6 is 0 Å². The molecule has 1 amide bonds. The molecule has 0 spiro atoms. The summed E-state index contributed by atoms with van der Waals surface area (Å²) in [5.74, 6) is 0.223. The molecule has 1 aromatic carbocycles. The first-order valence-electron chi connectivity index (χ1n) is 8.22. The van der Waals surface area contributed by atoms with Gasteiger partial charge in [-0.15, -0.1) is 0 Å². The van der Waals surface area contributed by atoms with E-state index in [9.17, 15) is 4.79 Å². The lowest BCUT2D eigenvalue weighted by atomic mass is 10.0. The van der Waals surface area contributed by atoms with Crippen molar-refractivity contribution in [3.63, 3.8) is 0 Å². The fourth-order valence-corrected chi connectivity index (χ4v) is 3.29. The number of aryl methyl sites for hydroxylation is 2. The molecule has 0 unspecified atom stereocenters. The minimum absolute atomic E-state index is 0.129. The lowest BCUT2D eigenvalue weighted by molar-refractivity contribution is -0.134. The summed E-state index contributed by atoms with van der Waals surface area (Å²) in [5.41, 5.74) is 4.43. The number of rotatable bonds is 4. The van der Waals surface area contributed by atoms with Crippen molar-refractivity contribution in [1.29, 1.82) is 0 Å². The molecule has 0 aliphatic carbocycles. The summed E-state index contributed by atoms with van der Waals surface area (Å²) in [7, 11) is 0. The molecule has 1 atom stereocenters. The van der Waals surface area contributed by atoms with Gasteiger partial charge in [0.1, 0.15) is 0 Å². The van der Waals surface area contributed by atoms with Gasteiger partial charge in [0.25, 0.3) is 0 Å². The molecule has 1 aliphatic rings. The van der Waals surface area contributed by atoms with Gasteiger partial charge < -0.3 is 10.2 Å². The predicted molar refractivity (Wildman–Crippen MR) is 90.1 cm³/mol. The van der Waals surface area contributed by atoms with Crippen molar-refractivity contribution in [2.75, 3.05) is 19.6 Å². The highest BCUT2D eigenvalue weighted by molar-refractivity contribution is 5.77. The van der Waals surface area contributed by atoms with Gasteiger partial charge in [-0.25, -0.2) is 0 Å². The highest BCUT2D eigenvalue weighted by Crippen LogP contribution is 2.23. The van der Waals surface area contributed by atoms with E-state index in [2.05, 4.69) is 27.6 Å². The van der Waals surface area contributed by atoms with Gasteiger partial charge in [-0.3, -0.25) is 9.89 Å². The van der Waals surface area contributed by atoms with Crippen molar-refractivity contribution < 1.29 is 4.79 Å². The first-order chi connectivity index (χ1) is 11.2. The Morgan fingerprint density at radius 3 is 2.78 bits per heavy atom. The molecule has 1 aliphatic heterocycles. The molecule has 5 heteroatoms. The summed E-state index contributed by atoms with van der Waals surface area (Å²) in [4.78, 5) is 14.8. The van der Waals surface area contributed by atoms with Crippen LogP contribution in [0.2, 0.25) is 0 Å². The fraction of sp³-hybridized carbons (Fsp3) is 0.444. The van der Waals surface area contributed by atoms with Crippen LogP contribution in [0.15, 0.2) is 30.3 Å². The highest BCUT2D eigenvalue weighted by atomic mass is 16.2. The van der Waals surface area contributed by atoms with E-state index in [-0.39, 0.29) is 11.9 Å². The van der Waals surface area contributed by atoms with Gasteiger partial charge >= 0.3 is 0 Å². The van der Waals surface area contributed by atoms with Crippen LogP contribution in [0.25, 0.3) is 0 Å². The number of hydrogen-bond donors (Lipinski definition) is 2. The van der Waals surface area contributed by atoms with E-state index in [1.165, 1.54) is 11.1 Å². The van der Waals surface area contributed by atoms with E-state index in [0.717, 1.165) is 37.4 Å². The molecule has 1 aromatic heterocycles. The molecule has 122 valence electrons. The smallest absolute Gasteiger partial charge is 0.223 e. The van der Waals surface area contributed by atoms with Crippen LogP contribution in [0.1, 0.15) is 35.0 Å². The van der Waals surface area contributed by atoms with Crippen LogP contribution in [0, 0.1) is 13.8 Å². The number of piperazine rings is 1. The molecule has 23 heavy (non-hydrogen) atoms. The Bertz CT molecular complexity index is 645. The summed E-state index contributed by atoms with van der Waals surface area (Å²) in [6.07, 6.45) is 1.28. The van der Waals surface area contributed by atoms with Crippen LogP contribution in [-0.2, 0) is 11.2 Å². The Labute approximate surface area is 137 Å². The largest absolute Gasteiger partial charge is 0.333 e. The number of nitrogens with zero attached hydrogens (tertiary/aromatic N) is 2. The van der Waals surface area contributed by atoms with Crippen molar-refractivity contribution in [2.45, 2.75) is 32.7 Å². The van der Waals surface area contributed by atoms with Gasteiger partial charge in [-0.1, -0.05) is 30.3 Å². The summed E-state index contributed by atoms with van der Waals surface area (Å²) < 4.78 is 0. The zero-order chi connectivity index (χ0) is 16.2. The van der Waals surface area contributed by atoms with E-state index >= 15 is 0 Å². The normalized spacial score (nSPS) is 18.2. The molecule has 1 fully saturated rings. The van der Waals surface area contributed by atoms with E-state index < -0.39 is 0 Å². The molecule has 5 nitrogen and oxygen atoms in total. The van der Waals surface area contributed by atoms with Gasteiger partial charge in [0.2, 0.25) is 5.91 Å². The number of aromatic amines is 1. The van der Waals surface area contributed by atoms with Crippen LogP contribution in [0.4, 0.5) is 0 Å². The average Bonchev–Trinajstić information content (AvgIpc) is 2.92.